The molecule has 0 amide bonds. The van der Waals surface area contributed by atoms with Crippen LogP contribution in [0.4, 0.5) is 5.13 Å². The SMILES string of the molecule is CN(Cc1ccoc1)c1nc2c(s1)C(N)CCC2. The van der Waals surface area contributed by atoms with E-state index in [1.54, 1.807) is 23.9 Å². The van der Waals surface area contributed by atoms with Crippen LogP contribution in [0.5, 0.6) is 0 Å². The average Bonchev–Trinajstić information content (AvgIpc) is 2.97. The third-order valence-electron chi connectivity index (χ3n) is 3.31. The standard InChI is InChI=1S/C13H17N3OS/c1-16(7-9-5-6-17-8-9)13-15-11-4-2-3-10(14)12(11)18-13/h5-6,8,10H,2-4,7,14H2,1H3. The molecule has 2 aromatic heterocycles. The first kappa shape index (κ1) is 11.7. The molecule has 4 nitrogen and oxygen atoms in total. The molecule has 0 spiro atoms. The highest BCUT2D eigenvalue weighted by molar-refractivity contribution is 7.15. The highest BCUT2D eigenvalue weighted by Crippen LogP contribution is 2.36. The second kappa shape index (κ2) is 4.74. The molecule has 0 saturated carbocycles. The molecule has 5 heteroatoms. The summed E-state index contributed by atoms with van der Waals surface area (Å²) in [5.74, 6) is 0. The van der Waals surface area contributed by atoms with Crippen molar-refractivity contribution < 1.29 is 4.42 Å². The fourth-order valence-corrected chi connectivity index (χ4v) is 3.43. The van der Waals surface area contributed by atoms with Crippen molar-refractivity contribution in [3.63, 3.8) is 0 Å². The molecule has 2 N–H and O–H groups in total. The normalized spacial score (nSPS) is 18.7. The van der Waals surface area contributed by atoms with E-state index in [-0.39, 0.29) is 6.04 Å². The van der Waals surface area contributed by atoms with Crippen molar-refractivity contribution >= 4 is 16.5 Å². The number of aromatic nitrogens is 1. The topological polar surface area (TPSA) is 55.3 Å². The van der Waals surface area contributed by atoms with Gasteiger partial charge in [0, 0.05) is 30.1 Å². The molecule has 0 aliphatic heterocycles. The molecular weight excluding hydrogens is 246 g/mol. The molecule has 0 fully saturated rings. The maximum atomic E-state index is 6.13. The molecular formula is C13H17N3OS. The van der Waals surface area contributed by atoms with Gasteiger partial charge in [0.05, 0.1) is 18.2 Å². The van der Waals surface area contributed by atoms with E-state index in [0.29, 0.717) is 0 Å². The van der Waals surface area contributed by atoms with Crippen molar-refractivity contribution in [2.75, 3.05) is 11.9 Å². The van der Waals surface area contributed by atoms with E-state index >= 15 is 0 Å². The number of anilines is 1. The first-order valence-electron chi connectivity index (χ1n) is 6.21. The van der Waals surface area contributed by atoms with Crippen molar-refractivity contribution in [1.29, 1.82) is 0 Å². The van der Waals surface area contributed by atoms with E-state index < -0.39 is 0 Å². The lowest BCUT2D eigenvalue weighted by molar-refractivity contribution is 0.563. The molecule has 1 aliphatic carbocycles. The van der Waals surface area contributed by atoms with Gasteiger partial charge in [-0.1, -0.05) is 11.3 Å². The Hall–Kier alpha value is -1.33. The van der Waals surface area contributed by atoms with Gasteiger partial charge in [-0.05, 0) is 25.3 Å². The first-order valence-corrected chi connectivity index (χ1v) is 7.03. The Labute approximate surface area is 110 Å². The van der Waals surface area contributed by atoms with Crippen LogP contribution in [-0.4, -0.2) is 12.0 Å². The minimum Gasteiger partial charge on any atom is -0.472 e. The van der Waals surface area contributed by atoms with E-state index in [9.17, 15) is 0 Å². The largest absolute Gasteiger partial charge is 0.472 e. The minimum absolute atomic E-state index is 0.183. The number of nitrogens with zero attached hydrogens (tertiary/aromatic N) is 2. The molecule has 2 aromatic rings. The van der Waals surface area contributed by atoms with E-state index in [0.717, 1.165) is 36.5 Å². The Balaban J connectivity index is 1.80. The number of aryl methyl sites for hydroxylation is 1. The molecule has 0 radical (unpaired) electrons. The van der Waals surface area contributed by atoms with Gasteiger partial charge >= 0.3 is 0 Å². The molecule has 0 aromatic carbocycles. The summed E-state index contributed by atoms with van der Waals surface area (Å²) in [7, 11) is 2.06. The number of nitrogens with two attached hydrogens (primary N) is 1. The fourth-order valence-electron chi connectivity index (χ4n) is 2.33. The molecule has 18 heavy (non-hydrogen) atoms. The molecule has 1 unspecified atom stereocenters. The van der Waals surface area contributed by atoms with Crippen LogP contribution in [-0.2, 0) is 13.0 Å². The lowest BCUT2D eigenvalue weighted by Gasteiger charge is -2.15. The maximum Gasteiger partial charge on any atom is 0.185 e. The maximum absolute atomic E-state index is 6.13. The molecule has 1 aliphatic rings. The predicted molar refractivity (Wildman–Crippen MR) is 72.8 cm³/mol. The summed E-state index contributed by atoms with van der Waals surface area (Å²) in [5, 5.41) is 1.05. The van der Waals surface area contributed by atoms with Gasteiger partial charge in [-0.25, -0.2) is 4.98 Å². The van der Waals surface area contributed by atoms with E-state index in [2.05, 4.69) is 11.9 Å². The van der Waals surface area contributed by atoms with Crippen LogP contribution in [0.15, 0.2) is 23.0 Å². The van der Waals surface area contributed by atoms with Gasteiger partial charge in [-0.15, -0.1) is 0 Å². The Kier molecular flexibility index (Phi) is 3.09. The summed E-state index contributed by atoms with van der Waals surface area (Å²) in [5.41, 5.74) is 8.50. The van der Waals surface area contributed by atoms with Crippen LogP contribution in [0.3, 0.4) is 0 Å². The van der Waals surface area contributed by atoms with E-state index in [4.69, 9.17) is 15.1 Å². The molecule has 0 saturated heterocycles. The second-order valence-corrected chi connectivity index (χ2v) is 5.80. The molecule has 96 valence electrons. The van der Waals surface area contributed by atoms with Crippen LogP contribution >= 0.6 is 11.3 Å². The zero-order chi connectivity index (χ0) is 12.5. The minimum atomic E-state index is 0.183. The summed E-state index contributed by atoms with van der Waals surface area (Å²) in [6.07, 6.45) is 6.78. The third kappa shape index (κ3) is 2.15. The number of rotatable bonds is 3. The smallest absolute Gasteiger partial charge is 0.185 e. The van der Waals surface area contributed by atoms with Crippen LogP contribution in [0.1, 0.15) is 35.0 Å². The molecule has 2 heterocycles. The van der Waals surface area contributed by atoms with Gasteiger partial charge in [-0.2, -0.15) is 0 Å². The van der Waals surface area contributed by atoms with E-state index in [1.807, 2.05) is 6.07 Å². The monoisotopic (exact) mass is 263 g/mol. The van der Waals surface area contributed by atoms with E-state index in [1.165, 1.54) is 10.6 Å². The Morgan fingerprint density at radius 3 is 3.22 bits per heavy atom. The molecule has 0 bridgehead atoms. The Morgan fingerprint density at radius 2 is 2.50 bits per heavy atom. The predicted octanol–water partition coefficient (Wildman–Crippen LogP) is 2.71. The third-order valence-corrected chi connectivity index (χ3v) is 4.65. The average molecular weight is 263 g/mol. The summed E-state index contributed by atoms with van der Waals surface area (Å²) < 4.78 is 5.09. The highest BCUT2D eigenvalue weighted by Gasteiger charge is 2.22. The Bertz CT molecular complexity index is 520. The van der Waals surface area contributed by atoms with Crippen LogP contribution in [0.25, 0.3) is 0 Å². The quantitative estimate of drug-likeness (QED) is 0.925. The van der Waals surface area contributed by atoms with Crippen LogP contribution in [0.2, 0.25) is 0 Å². The Morgan fingerprint density at radius 1 is 1.61 bits per heavy atom. The van der Waals surface area contributed by atoms with Crippen molar-refractivity contribution in [2.45, 2.75) is 31.8 Å². The fraction of sp³-hybridized carbons (Fsp3) is 0.462. The van der Waals surface area contributed by atoms with Crippen molar-refractivity contribution in [3.8, 4) is 0 Å². The van der Waals surface area contributed by atoms with Gasteiger partial charge in [0.2, 0.25) is 0 Å². The summed E-state index contributed by atoms with van der Waals surface area (Å²) in [6.45, 7) is 0.818. The number of thiazole rings is 1. The number of furan rings is 1. The van der Waals surface area contributed by atoms with Gasteiger partial charge in [0.1, 0.15) is 0 Å². The van der Waals surface area contributed by atoms with Gasteiger partial charge < -0.3 is 15.1 Å². The lowest BCUT2D eigenvalue weighted by atomic mass is 9.99. The van der Waals surface area contributed by atoms with Gasteiger partial charge in [0.15, 0.2) is 5.13 Å². The van der Waals surface area contributed by atoms with Crippen LogP contribution in [0, 0.1) is 0 Å². The second-order valence-electron chi connectivity index (χ2n) is 4.79. The van der Waals surface area contributed by atoms with Crippen LogP contribution < -0.4 is 10.6 Å². The molecule has 1 atom stereocenters. The first-order chi connectivity index (χ1) is 8.74. The number of hydrogen-bond donors (Lipinski definition) is 1. The highest BCUT2D eigenvalue weighted by atomic mass is 32.1. The zero-order valence-electron chi connectivity index (χ0n) is 10.4. The summed E-state index contributed by atoms with van der Waals surface area (Å²) in [6, 6.07) is 2.16. The summed E-state index contributed by atoms with van der Waals surface area (Å²) >= 11 is 1.73. The number of fused-ring (bicyclic) bond motifs is 1. The van der Waals surface area contributed by atoms with Gasteiger partial charge in [-0.3, -0.25) is 0 Å². The molecule has 3 rings (SSSR count). The van der Waals surface area contributed by atoms with Crippen molar-refractivity contribution in [2.24, 2.45) is 5.73 Å². The number of hydrogen-bond acceptors (Lipinski definition) is 5. The van der Waals surface area contributed by atoms with Gasteiger partial charge in [0.25, 0.3) is 0 Å². The zero-order valence-corrected chi connectivity index (χ0v) is 11.2. The summed E-state index contributed by atoms with van der Waals surface area (Å²) in [4.78, 5) is 8.14. The van der Waals surface area contributed by atoms with Crippen molar-refractivity contribution in [3.05, 3.63) is 34.7 Å². The lowest BCUT2D eigenvalue weighted by Crippen LogP contribution is -2.16. The van der Waals surface area contributed by atoms with Crippen molar-refractivity contribution in [1.82, 2.24) is 4.98 Å².